The molecule has 2 aromatic carbocycles. The summed E-state index contributed by atoms with van der Waals surface area (Å²) in [5.74, 6) is -0.972. The van der Waals surface area contributed by atoms with Gasteiger partial charge in [-0.25, -0.2) is 0 Å². The zero-order valence-corrected chi connectivity index (χ0v) is 16.7. The molecule has 1 aliphatic carbocycles. The average Bonchev–Trinajstić information content (AvgIpc) is 2.67. The van der Waals surface area contributed by atoms with Crippen molar-refractivity contribution in [2.24, 2.45) is 0 Å². The lowest BCUT2D eigenvalue weighted by Gasteiger charge is -2.34. The molecule has 1 amide bonds. The number of carbonyl (C=O) groups is 2. The van der Waals surface area contributed by atoms with E-state index in [4.69, 9.17) is 23.2 Å². The lowest BCUT2D eigenvalue weighted by atomic mass is 9.73. The Labute approximate surface area is 176 Å². The third-order valence-corrected chi connectivity index (χ3v) is 6.11. The number of halogens is 2. The van der Waals surface area contributed by atoms with Crippen LogP contribution in [0.1, 0.15) is 42.2 Å². The number of Topliss-reactive ketones (excluding diaryl/α,β-unsaturated/α-hetero) is 1. The topological polar surface area (TPSA) is 89.3 Å². The molecule has 1 heterocycles. The molecule has 1 N–H and O–H groups in total. The van der Waals surface area contributed by atoms with E-state index in [1.165, 1.54) is 12.1 Å². The van der Waals surface area contributed by atoms with Crippen LogP contribution in [0.15, 0.2) is 53.7 Å². The van der Waals surface area contributed by atoms with Gasteiger partial charge in [-0.1, -0.05) is 47.5 Å². The summed E-state index contributed by atoms with van der Waals surface area (Å²) in [5, 5.41) is 14.7. The van der Waals surface area contributed by atoms with Crippen LogP contribution < -0.4 is 5.32 Å². The number of ketones is 1. The van der Waals surface area contributed by atoms with E-state index in [2.05, 4.69) is 5.32 Å². The zero-order valence-electron chi connectivity index (χ0n) is 15.2. The Hall–Kier alpha value is -2.70. The molecule has 1 aliphatic heterocycles. The van der Waals surface area contributed by atoms with Gasteiger partial charge in [0.15, 0.2) is 5.78 Å². The maximum absolute atomic E-state index is 13.1. The Bertz CT molecular complexity index is 1080. The number of nitro benzene ring substituents is 1. The third kappa shape index (κ3) is 3.66. The van der Waals surface area contributed by atoms with Crippen LogP contribution in [0.2, 0.25) is 10.0 Å². The molecule has 0 saturated carbocycles. The van der Waals surface area contributed by atoms with Gasteiger partial charge in [0.25, 0.3) is 5.69 Å². The quantitative estimate of drug-likeness (QED) is 0.553. The molecule has 0 radical (unpaired) electrons. The van der Waals surface area contributed by atoms with Crippen molar-refractivity contribution in [3.8, 4) is 0 Å². The summed E-state index contributed by atoms with van der Waals surface area (Å²) in [7, 11) is 0. The Morgan fingerprint density at radius 2 is 1.76 bits per heavy atom. The summed E-state index contributed by atoms with van der Waals surface area (Å²) < 4.78 is 0. The molecule has 0 fully saturated rings. The maximum atomic E-state index is 13.1. The van der Waals surface area contributed by atoms with Crippen LogP contribution in [0, 0.1) is 10.1 Å². The maximum Gasteiger partial charge on any atom is 0.288 e. The Morgan fingerprint density at radius 1 is 1.00 bits per heavy atom. The van der Waals surface area contributed by atoms with E-state index in [0.29, 0.717) is 28.3 Å². The van der Waals surface area contributed by atoms with Crippen molar-refractivity contribution in [2.45, 2.75) is 31.1 Å². The van der Waals surface area contributed by atoms with Crippen molar-refractivity contribution in [3.05, 3.63) is 85.0 Å². The molecule has 2 aliphatic rings. The molecule has 2 atom stereocenters. The first-order valence-corrected chi connectivity index (χ1v) is 9.85. The fourth-order valence-electron chi connectivity index (χ4n) is 4.16. The molecular formula is C21H16Cl2N2O4. The highest BCUT2D eigenvalue weighted by Gasteiger charge is 2.39. The third-order valence-electron chi connectivity index (χ3n) is 5.45. The largest absolute Gasteiger partial charge is 0.329 e. The number of rotatable bonds is 3. The summed E-state index contributed by atoms with van der Waals surface area (Å²) in [4.78, 5) is 36.1. The first-order chi connectivity index (χ1) is 13.8. The van der Waals surface area contributed by atoms with Crippen molar-refractivity contribution in [1.82, 2.24) is 5.32 Å². The van der Waals surface area contributed by atoms with Gasteiger partial charge in [0, 0.05) is 41.1 Å². The van der Waals surface area contributed by atoms with Gasteiger partial charge in [-0.2, -0.15) is 0 Å². The molecular weight excluding hydrogens is 415 g/mol. The minimum Gasteiger partial charge on any atom is -0.329 e. The van der Waals surface area contributed by atoms with Crippen molar-refractivity contribution >= 4 is 40.6 Å². The normalized spacial score (nSPS) is 21.6. The zero-order chi connectivity index (χ0) is 20.7. The van der Waals surface area contributed by atoms with Crippen LogP contribution >= 0.6 is 23.2 Å². The van der Waals surface area contributed by atoms with E-state index in [1.807, 2.05) is 18.2 Å². The summed E-state index contributed by atoms with van der Waals surface area (Å²) in [5.41, 5.74) is 2.25. The van der Waals surface area contributed by atoms with Gasteiger partial charge in [0.2, 0.25) is 5.91 Å². The second-order valence-electron chi connectivity index (χ2n) is 7.21. The Kier molecular flexibility index (Phi) is 5.15. The van der Waals surface area contributed by atoms with E-state index < -0.39 is 10.8 Å². The number of hydrogen-bond donors (Lipinski definition) is 1. The van der Waals surface area contributed by atoms with Crippen LogP contribution in [0.3, 0.4) is 0 Å². The minimum absolute atomic E-state index is 0.0157. The van der Waals surface area contributed by atoms with Crippen molar-refractivity contribution in [2.75, 3.05) is 0 Å². The van der Waals surface area contributed by atoms with E-state index >= 15 is 0 Å². The first kappa shape index (κ1) is 19.6. The van der Waals surface area contributed by atoms with Crippen molar-refractivity contribution < 1.29 is 14.5 Å². The number of nitrogens with zero attached hydrogens (tertiary/aromatic N) is 1. The molecule has 0 bridgehead atoms. The van der Waals surface area contributed by atoms with E-state index in [0.717, 1.165) is 5.56 Å². The highest BCUT2D eigenvalue weighted by atomic mass is 35.5. The number of nitrogens with one attached hydrogen (secondary N) is 1. The van der Waals surface area contributed by atoms with Crippen LogP contribution in [0.25, 0.3) is 0 Å². The monoisotopic (exact) mass is 430 g/mol. The minimum atomic E-state index is -0.569. The molecule has 0 unspecified atom stereocenters. The summed E-state index contributed by atoms with van der Waals surface area (Å²) >= 11 is 12.2. The summed E-state index contributed by atoms with van der Waals surface area (Å²) in [6.45, 7) is 0. The number of benzene rings is 2. The highest BCUT2D eigenvalue weighted by Crippen LogP contribution is 2.44. The molecule has 148 valence electrons. The van der Waals surface area contributed by atoms with Gasteiger partial charge in [-0.15, -0.1) is 0 Å². The second-order valence-corrected chi connectivity index (χ2v) is 8.03. The fraction of sp³-hybridized carbons (Fsp3) is 0.238. The second kappa shape index (κ2) is 7.61. The highest BCUT2D eigenvalue weighted by molar-refractivity contribution is 6.32. The van der Waals surface area contributed by atoms with Crippen LogP contribution in [-0.2, 0) is 9.59 Å². The predicted molar refractivity (Wildman–Crippen MR) is 109 cm³/mol. The molecule has 8 heteroatoms. The SMILES string of the molecule is O=C1C[C@H](c2ccc(Cl)c([N+](=O)[O-])c2)C2=C(C[C@H](c3ccccc3Cl)CC2=O)N1. The van der Waals surface area contributed by atoms with Crippen molar-refractivity contribution in [1.29, 1.82) is 0 Å². The van der Waals surface area contributed by atoms with E-state index in [9.17, 15) is 19.7 Å². The molecule has 0 aromatic heterocycles. The molecule has 0 spiro atoms. The van der Waals surface area contributed by atoms with Gasteiger partial charge >= 0.3 is 0 Å². The van der Waals surface area contributed by atoms with Gasteiger partial charge < -0.3 is 5.32 Å². The van der Waals surface area contributed by atoms with Crippen molar-refractivity contribution in [3.63, 3.8) is 0 Å². The fourth-order valence-corrected chi connectivity index (χ4v) is 4.63. The standard InChI is InChI=1S/C21H16Cl2N2O4/c22-15-4-2-1-3-13(15)12-7-17-21(19(26)9-12)14(10-20(27)24-17)11-5-6-16(23)18(8-11)25(28)29/h1-6,8,12,14H,7,9-10H2,(H,24,27)/t12-,14+/m0/s1. The molecule has 4 rings (SSSR count). The molecule has 29 heavy (non-hydrogen) atoms. The van der Waals surface area contributed by atoms with Gasteiger partial charge in [-0.05, 0) is 35.6 Å². The Morgan fingerprint density at radius 3 is 2.48 bits per heavy atom. The number of carbonyl (C=O) groups excluding carboxylic acids is 2. The average molecular weight is 431 g/mol. The number of amides is 1. The number of allylic oxidation sites excluding steroid dienone is 2. The van der Waals surface area contributed by atoms with E-state index in [1.54, 1.807) is 12.1 Å². The predicted octanol–water partition coefficient (Wildman–Crippen LogP) is 4.91. The van der Waals surface area contributed by atoms with Crippen LogP contribution in [-0.4, -0.2) is 16.6 Å². The lowest BCUT2D eigenvalue weighted by Crippen LogP contribution is -2.38. The van der Waals surface area contributed by atoms with Crippen LogP contribution in [0.4, 0.5) is 5.69 Å². The van der Waals surface area contributed by atoms with E-state index in [-0.39, 0.29) is 41.2 Å². The van der Waals surface area contributed by atoms with Gasteiger partial charge in [-0.3, -0.25) is 19.7 Å². The number of nitro groups is 1. The Balaban J connectivity index is 1.75. The molecule has 6 nitrogen and oxygen atoms in total. The smallest absolute Gasteiger partial charge is 0.288 e. The summed E-state index contributed by atoms with van der Waals surface area (Å²) in [6.07, 6.45) is 0.799. The lowest BCUT2D eigenvalue weighted by molar-refractivity contribution is -0.384. The molecule has 2 aromatic rings. The van der Waals surface area contributed by atoms with Gasteiger partial charge in [0.05, 0.1) is 4.92 Å². The number of hydrogen-bond acceptors (Lipinski definition) is 4. The van der Waals surface area contributed by atoms with Gasteiger partial charge in [0.1, 0.15) is 5.02 Å². The van der Waals surface area contributed by atoms with Crippen LogP contribution in [0.5, 0.6) is 0 Å². The molecule has 0 saturated heterocycles. The first-order valence-electron chi connectivity index (χ1n) is 9.09. The summed E-state index contributed by atoms with van der Waals surface area (Å²) in [6, 6.07) is 11.8.